The van der Waals surface area contributed by atoms with E-state index >= 15 is 0 Å². The lowest BCUT2D eigenvalue weighted by Crippen LogP contribution is -1.69. The minimum atomic E-state index is 0.574. The predicted molar refractivity (Wildman–Crippen MR) is 69.0 cm³/mol. The van der Waals surface area contributed by atoms with Crippen LogP contribution in [0.2, 0.25) is 0 Å². The molecule has 0 saturated carbocycles. The molecular formula is C14H12N2O. The molecule has 0 aromatic carbocycles. The van der Waals surface area contributed by atoms with Crippen molar-refractivity contribution in [2.75, 3.05) is 0 Å². The molecule has 1 heterocycles. The summed E-state index contributed by atoms with van der Waals surface area (Å²) in [6, 6.07) is 2.08. The van der Waals surface area contributed by atoms with Gasteiger partial charge in [-0.3, -0.25) is 4.99 Å². The zero-order valence-electron chi connectivity index (χ0n) is 9.23. The number of aliphatic imine (C=N–C) groups is 1. The first-order chi connectivity index (χ1) is 8.43. The van der Waals surface area contributed by atoms with Crippen LogP contribution in [0.25, 0.3) is 0 Å². The van der Waals surface area contributed by atoms with Crippen molar-refractivity contribution in [2.45, 2.75) is 0 Å². The van der Waals surface area contributed by atoms with E-state index in [1.807, 2.05) is 0 Å². The molecule has 1 aliphatic rings. The van der Waals surface area contributed by atoms with Crippen LogP contribution in [0.15, 0.2) is 77.9 Å². The van der Waals surface area contributed by atoms with E-state index in [9.17, 15) is 0 Å². The molecule has 0 atom stereocenters. The molecule has 0 aromatic rings. The molecule has 0 bridgehead atoms. The third kappa shape index (κ3) is 6.47. The normalized spacial score (nSPS) is 29.9. The van der Waals surface area contributed by atoms with Crippen LogP contribution in [-0.2, 0) is 4.74 Å². The highest BCUT2D eigenvalue weighted by atomic mass is 16.5. The van der Waals surface area contributed by atoms with Gasteiger partial charge in [0.25, 0.3) is 0 Å². The number of allylic oxidation sites excluding steroid dienone is 9. The van der Waals surface area contributed by atoms with Gasteiger partial charge in [-0.1, -0.05) is 24.3 Å². The highest BCUT2D eigenvalue weighted by Crippen LogP contribution is 1.96. The average molecular weight is 224 g/mol. The molecule has 17 heavy (non-hydrogen) atoms. The molecule has 0 radical (unpaired) electrons. The fourth-order valence-electron chi connectivity index (χ4n) is 0.932. The van der Waals surface area contributed by atoms with Gasteiger partial charge in [0.05, 0.1) is 24.1 Å². The van der Waals surface area contributed by atoms with Crippen LogP contribution in [0.4, 0.5) is 0 Å². The first-order valence-corrected chi connectivity index (χ1v) is 5.04. The van der Waals surface area contributed by atoms with Crippen LogP contribution >= 0.6 is 0 Å². The van der Waals surface area contributed by atoms with Gasteiger partial charge < -0.3 is 4.74 Å². The zero-order valence-corrected chi connectivity index (χ0v) is 9.23. The van der Waals surface area contributed by atoms with Crippen molar-refractivity contribution >= 4 is 6.21 Å². The van der Waals surface area contributed by atoms with E-state index in [4.69, 9.17) is 10.00 Å². The molecule has 1 aliphatic heterocycles. The molecule has 3 heteroatoms. The fraction of sp³-hybridized carbons (Fsp3) is 0. The molecule has 0 unspecified atom stereocenters. The summed E-state index contributed by atoms with van der Waals surface area (Å²) in [6.45, 7) is 0. The van der Waals surface area contributed by atoms with Crippen molar-refractivity contribution in [1.82, 2.24) is 0 Å². The number of nitrogens with zero attached hydrogens (tertiary/aromatic N) is 2. The lowest BCUT2D eigenvalue weighted by Gasteiger charge is -1.84. The molecule has 3 nitrogen and oxygen atoms in total. The Kier molecular flexibility index (Phi) is 6.37. The monoisotopic (exact) mass is 224 g/mol. The van der Waals surface area contributed by atoms with Crippen LogP contribution in [0.3, 0.4) is 0 Å². The lowest BCUT2D eigenvalue weighted by molar-refractivity contribution is 0.402. The molecule has 0 aliphatic carbocycles. The molecule has 0 spiro atoms. The van der Waals surface area contributed by atoms with E-state index in [-0.39, 0.29) is 0 Å². The number of nitriles is 1. The van der Waals surface area contributed by atoms with Gasteiger partial charge in [0.2, 0.25) is 0 Å². The summed E-state index contributed by atoms with van der Waals surface area (Å²) >= 11 is 0. The van der Waals surface area contributed by atoms with Gasteiger partial charge in [-0.25, -0.2) is 0 Å². The number of ether oxygens (including phenoxy) is 1. The molecule has 0 N–H and O–H groups in total. The molecular weight excluding hydrogens is 212 g/mol. The Balaban J connectivity index is 2.82. The van der Waals surface area contributed by atoms with E-state index < -0.39 is 0 Å². The van der Waals surface area contributed by atoms with Crippen molar-refractivity contribution < 1.29 is 4.74 Å². The quantitative estimate of drug-likeness (QED) is 0.634. The van der Waals surface area contributed by atoms with Gasteiger partial charge in [-0.15, -0.1) is 0 Å². The topological polar surface area (TPSA) is 45.4 Å². The van der Waals surface area contributed by atoms with Crippen LogP contribution in [0, 0.1) is 11.3 Å². The van der Waals surface area contributed by atoms with E-state index in [1.54, 1.807) is 61.0 Å². The molecule has 0 saturated heterocycles. The second-order valence-electron chi connectivity index (χ2n) is 2.91. The van der Waals surface area contributed by atoms with Crippen molar-refractivity contribution in [3.8, 4) is 6.07 Å². The van der Waals surface area contributed by atoms with Gasteiger partial charge >= 0.3 is 0 Å². The van der Waals surface area contributed by atoms with Crippen LogP contribution in [0.5, 0.6) is 0 Å². The minimum Gasteiger partial charge on any atom is -0.471 e. The fourth-order valence-corrected chi connectivity index (χ4v) is 0.932. The van der Waals surface area contributed by atoms with E-state index in [2.05, 4.69) is 11.1 Å². The molecule has 84 valence electrons. The predicted octanol–water partition coefficient (Wildman–Crippen LogP) is 3.19. The number of hydrogen-bond acceptors (Lipinski definition) is 3. The first kappa shape index (κ1) is 12.5. The summed E-state index contributed by atoms with van der Waals surface area (Å²) in [7, 11) is 0. The number of hydrogen-bond donors (Lipinski definition) is 0. The maximum absolute atomic E-state index is 8.83. The highest BCUT2D eigenvalue weighted by Gasteiger charge is 1.83. The van der Waals surface area contributed by atoms with Gasteiger partial charge in [0, 0.05) is 6.21 Å². The summed E-state index contributed by atoms with van der Waals surface area (Å²) in [5.41, 5.74) is 0.574. The van der Waals surface area contributed by atoms with E-state index in [1.165, 1.54) is 12.5 Å². The third-order valence-electron chi connectivity index (χ3n) is 1.68. The van der Waals surface area contributed by atoms with Crippen LogP contribution < -0.4 is 0 Å². The summed E-state index contributed by atoms with van der Waals surface area (Å²) in [4.78, 5) is 3.94. The maximum Gasteiger partial charge on any atom is 0.108 e. The maximum atomic E-state index is 8.83. The summed E-state index contributed by atoms with van der Waals surface area (Å²) in [5, 5.41) is 8.83. The second kappa shape index (κ2) is 8.69. The van der Waals surface area contributed by atoms with Gasteiger partial charge in [-0.2, -0.15) is 5.26 Å². The van der Waals surface area contributed by atoms with Crippen molar-refractivity contribution in [3.63, 3.8) is 0 Å². The standard InChI is InChI=1S/C14H12N2O/c15-13-14-7-3-1-5-9-16-10-12-17-11-6-2-4-8-14/h1-12H/b4-2-,5-1-,7-3-,11-6-,12-10-,14-8+,16-9+. The average Bonchev–Trinajstić information content (AvgIpc) is 2.36. The van der Waals surface area contributed by atoms with Gasteiger partial charge in [-0.05, 0) is 24.3 Å². The molecule has 0 aromatic heterocycles. The SMILES string of the molecule is N#CC1=C/C=C\C=C/O/C=C\N=C\C=C/C=C\1. The largest absolute Gasteiger partial charge is 0.471 e. The lowest BCUT2D eigenvalue weighted by atomic mass is 10.2. The van der Waals surface area contributed by atoms with Crippen molar-refractivity contribution in [3.05, 3.63) is 72.9 Å². The Labute approximate surface area is 101 Å². The number of rotatable bonds is 0. The summed E-state index contributed by atoms with van der Waals surface area (Å²) in [5.74, 6) is 0. The van der Waals surface area contributed by atoms with E-state index in [0.29, 0.717) is 5.57 Å². The van der Waals surface area contributed by atoms with Crippen molar-refractivity contribution in [1.29, 1.82) is 5.26 Å². The molecule has 1 rings (SSSR count). The third-order valence-corrected chi connectivity index (χ3v) is 1.68. The Hall–Kier alpha value is -2.60. The Morgan fingerprint density at radius 2 is 1.88 bits per heavy atom. The molecule has 0 fully saturated rings. The zero-order chi connectivity index (χ0) is 12.2. The first-order valence-electron chi connectivity index (χ1n) is 5.04. The van der Waals surface area contributed by atoms with Crippen LogP contribution in [0.1, 0.15) is 0 Å². The Morgan fingerprint density at radius 1 is 1.00 bits per heavy atom. The highest BCUT2D eigenvalue weighted by molar-refractivity contribution is 5.72. The van der Waals surface area contributed by atoms with Crippen molar-refractivity contribution in [2.24, 2.45) is 4.99 Å². The van der Waals surface area contributed by atoms with Gasteiger partial charge in [0.15, 0.2) is 0 Å². The van der Waals surface area contributed by atoms with Gasteiger partial charge in [0.1, 0.15) is 6.26 Å². The summed E-state index contributed by atoms with van der Waals surface area (Å²) in [6.07, 6.45) is 20.2. The van der Waals surface area contributed by atoms with Crippen LogP contribution in [-0.4, -0.2) is 6.21 Å². The smallest absolute Gasteiger partial charge is 0.108 e. The second-order valence-corrected chi connectivity index (χ2v) is 2.91. The molecule has 0 amide bonds. The summed E-state index contributed by atoms with van der Waals surface area (Å²) < 4.78 is 5.01. The minimum absolute atomic E-state index is 0.574. The Morgan fingerprint density at radius 3 is 2.76 bits per heavy atom. The Bertz CT molecular complexity index is 469. The van der Waals surface area contributed by atoms with E-state index in [0.717, 1.165) is 0 Å².